The van der Waals surface area contributed by atoms with Crippen molar-refractivity contribution in [3.63, 3.8) is 0 Å². The quantitative estimate of drug-likeness (QED) is 0.580. The molecular weight excluding hydrogens is 194 g/mol. The molecule has 0 rings (SSSR count). The molecule has 3 heteroatoms. The van der Waals surface area contributed by atoms with Crippen molar-refractivity contribution in [3.8, 4) is 0 Å². The van der Waals surface area contributed by atoms with Crippen molar-refractivity contribution in [2.75, 3.05) is 32.0 Å². The Bertz CT molecular complexity index is 122. The lowest BCUT2D eigenvalue weighted by Gasteiger charge is -2.21. The first-order chi connectivity index (χ1) is 6.74. The van der Waals surface area contributed by atoms with Crippen LogP contribution < -0.4 is 0 Å². The van der Waals surface area contributed by atoms with Gasteiger partial charge in [-0.25, -0.2) is 0 Å². The highest BCUT2D eigenvalue weighted by atomic mass is 32.1. The minimum absolute atomic E-state index is 0.308. The van der Waals surface area contributed by atoms with E-state index in [4.69, 9.17) is 5.11 Å². The second-order valence-electron chi connectivity index (χ2n) is 3.92. The number of hydrogen-bond donors (Lipinski definition) is 2. The van der Waals surface area contributed by atoms with Crippen molar-refractivity contribution in [2.45, 2.75) is 33.1 Å². The van der Waals surface area contributed by atoms with Crippen LogP contribution in [0.5, 0.6) is 0 Å². The highest BCUT2D eigenvalue weighted by molar-refractivity contribution is 7.80. The molecule has 0 spiro atoms. The van der Waals surface area contributed by atoms with Gasteiger partial charge in [-0.2, -0.15) is 12.6 Å². The molecule has 0 aromatic heterocycles. The van der Waals surface area contributed by atoms with Crippen molar-refractivity contribution < 1.29 is 5.11 Å². The molecule has 0 heterocycles. The van der Waals surface area contributed by atoms with Gasteiger partial charge in [-0.1, -0.05) is 13.8 Å². The van der Waals surface area contributed by atoms with Gasteiger partial charge < -0.3 is 10.0 Å². The highest BCUT2D eigenvalue weighted by Crippen LogP contribution is 2.09. The zero-order valence-corrected chi connectivity index (χ0v) is 10.5. The summed E-state index contributed by atoms with van der Waals surface area (Å²) < 4.78 is 0. The molecule has 1 N–H and O–H groups in total. The van der Waals surface area contributed by atoms with Crippen molar-refractivity contribution in [2.24, 2.45) is 5.92 Å². The minimum Gasteiger partial charge on any atom is -0.396 e. The average Bonchev–Trinajstić information content (AvgIpc) is 2.19. The molecule has 0 amide bonds. The van der Waals surface area contributed by atoms with Crippen LogP contribution in [0.3, 0.4) is 0 Å². The molecule has 86 valence electrons. The number of aliphatic hydroxyl groups is 1. The van der Waals surface area contributed by atoms with Gasteiger partial charge in [0.05, 0.1) is 0 Å². The Morgan fingerprint density at radius 2 is 2.00 bits per heavy atom. The first-order valence-electron chi connectivity index (χ1n) is 5.68. The van der Waals surface area contributed by atoms with Gasteiger partial charge in [0.2, 0.25) is 0 Å². The predicted octanol–water partition coefficient (Wildman–Crippen LogP) is 2.04. The fraction of sp³-hybridized carbons (Fsp3) is 1.00. The summed E-state index contributed by atoms with van der Waals surface area (Å²) in [6.07, 6.45) is 3.36. The first kappa shape index (κ1) is 14.3. The summed E-state index contributed by atoms with van der Waals surface area (Å²) in [5.74, 6) is 1.76. The van der Waals surface area contributed by atoms with Crippen molar-refractivity contribution in [1.29, 1.82) is 0 Å². The smallest absolute Gasteiger partial charge is 0.0443 e. The van der Waals surface area contributed by atoms with Gasteiger partial charge in [0.15, 0.2) is 0 Å². The molecule has 1 unspecified atom stereocenters. The van der Waals surface area contributed by atoms with Gasteiger partial charge in [-0.05, 0) is 44.0 Å². The van der Waals surface area contributed by atoms with E-state index < -0.39 is 0 Å². The summed E-state index contributed by atoms with van der Waals surface area (Å²) >= 11 is 4.24. The maximum absolute atomic E-state index is 8.74. The van der Waals surface area contributed by atoms with E-state index in [9.17, 15) is 0 Å². The fourth-order valence-corrected chi connectivity index (χ4v) is 1.93. The molecule has 0 bridgehead atoms. The van der Waals surface area contributed by atoms with Crippen molar-refractivity contribution in [3.05, 3.63) is 0 Å². The molecule has 1 atom stereocenters. The third-order valence-corrected chi connectivity index (χ3v) is 2.90. The molecule has 0 fully saturated rings. The van der Waals surface area contributed by atoms with E-state index in [1.54, 1.807) is 0 Å². The van der Waals surface area contributed by atoms with Crippen LogP contribution in [0.4, 0.5) is 0 Å². The third-order valence-electron chi connectivity index (χ3n) is 2.64. The Hall–Kier alpha value is 0.270. The zero-order valence-electron chi connectivity index (χ0n) is 9.58. The Kier molecular flexibility index (Phi) is 10.0. The van der Waals surface area contributed by atoms with E-state index in [1.165, 1.54) is 12.8 Å². The standard InChI is InChI=1S/C11H25NOS/c1-3-12(7-4-9-13)8-5-11(2)6-10-14/h11,13-14H,3-10H2,1-2H3. The molecule has 0 aliphatic heterocycles. The Labute approximate surface area is 94.1 Å². The minimum atomic E-state index is 0.308. The average molecular weight is 219 g/mol. The van der Waals surface area contributed by atoms with Gasteiger partial charge >= 0.3 is 0 Å². The summed E-state index contributed by atoms with van der Waals surface area (Å²) in [4.78, 5) is 2.41. The molecule has 0 aromatic carbocycles. The predicted molar refractivity (Wildman–Crippen MR) is 66.1 cm³/mol. The Morgan fingerprint density at radius 1 is 1.29 bits per heavy atom. The van der Waals surface area contributed by atoms with Gasteiger partial charge in [-0.3, -0.25) is 0 Å². The van der Waals surface area contributed by atoms with Crippen LogP contribution in [0.15, 0.2) is 0 Å². The van der Waals surface area contributed by atoms with Crippen LogP contribution in [0.2, 0.25) is 0 Å². The largest absolute Gasteiger partial charge is 0.396 e. The molecule has 0 radical (unpaired) electrons. The van der Waals surface area contributed by atoms with Crippen LogP contribution in [0, 0.1) is 5.92 Å². The number of nitrogens with zero attached hydrogens (tertiary/aromatic N) is 1. The molecular formula is C11H25NOS. The summed E-state index contributed by atoms with van der Waals surface area (Å²) in [7, 11) is 0. The van der Waals surface area contributed by atoms with Gasteiger partial charge in [0.25, 0.3) is 0 Å². The van der Waals surface area contributed by atoms with Crippen LogP contribution in [0.1, 0.15) is 33.1 Å². The third kappa shape index (κ3) is 7.65. The number of thiol groups is 1. The van der Waals surface area contributed by atoms with E-state index >= 15 is 0 Å². The normalized spacial score (nSPS) is 13.5. The summed E-state index contributed by atoms with van der Waals surface area (Å²) in [6, 6.07) is 0. The lowest BCUT2D eigenvalue weighted by Crippen LogP contribution is -2.27. The molecule has 0 aliphatic rings. The number of hydrogen-bond acceptors (Lipinski definition) is 3. The summed E-state index contributed by atoms with van der Waals surface area (Å²) in [5.41, 5.74) is 0. The monoisotopic (exact) mass is 219 g/mol. The zero-order chi connectivity index (χ0) is 10.8. The lowest BCUT2D eigenvalue weighted by molar-refractivity contribution is 0.221. The van der Waals surface area contributed by atoms with Gasteiger partial charge in [0, 0.05) is 13.2 Å². The van der Waals surface area contributed by atoms with Crippen molar-refractivity contribution in [1.82, 2.24) is 4.90 Å². The Balaban J connectivity index is 3.50. The summed E-state index contributed by atoms with van der Waals surface area (Å²) in [5, 5.41) is 8.74. The molecule has 0 aromatic rings. The van der Waals surface area contributed by atoms with Crippen molar-refractivity contribution >= 4 is 12.6 Å². The molecule has 2 nitrogen and oxygen atoms in total. The summed E-state index contributed by atoms with van der Waals surface area (Å²) in [6.45, 7) is 8.05. The topological polar surface area (TPSA) is 23.5 Å². The van der Waals surface area contributed by atoms with Crippen LogP contribution in [-0.4, -0.2) is 42.0 Å². The maximum Gasteiger partial charge on any atom is 0.0443 e. The van der Waals surface area contributed by atoms with E-state index in [0.717, 1.165) is 37.7 Å². The number of aliphatic hydroxyl groups excluding tert-OH is 1. The second kappa shape index (κ2) is 9.81. The molecule has 14 heavy (non-hydrogen) atoms. The SMILES string of the molecule is CCN(CCCO)CCC(C)CCS. The van der Waals surface area contributed by atoms with Crippen LogP contribution in [0.25, 0.3) is 0 Å². The van der Waals surface area contributed by atoms with E-state index in [0.29, 0.717) is 6.61 Å². The molecule has 0 aliphatic carbocycles. The number of rotatable bonds is 9. The van der Waals surface area contributed by atoms with E-state index in [1.807, 2.05) is 0 Å². The maximum atomic E-state index is 8.74. The van der Waals surface area contributed by atoms with Gasteiger partial charge in [-0.15, -0.1) is 0 Å². The van der Waals surface area contributed by atoms with Gasteiger partial charge in [0.1, 0.15) is 0 Å². The van der Waals surface area contributed by atoms with E-state index in [2.05, 4.69) is 31.4 Å². The highest BCUT2D eigenvalue weighted by Gasteiger charge is 2.05. The second-order valence-corrected chi connectivity index (χ2v) is 4.36. The molecule has 0 saturated carbocycles. The first-order valence-corrected chi connectivity index (χ1v) is 6.31. The van der Waals surface area contributed by atoms with Crippen LogP contribution in [-0.2, 0) is 0 Å². The fourth-order valence-electron chi connectivity index (χ4n) is 1.49. The van der Waals surface area contributed by atoms with E-state index in [-0.39, 0.29) is 0 Å². The Morgan fingerprint density at radius 3 is 2.50 bits per heavy atom. The lowest BCUT2D eigenvalue weighted by atomic mass is 10.1. The van der Waals surface area contributed by atoms with Crippen LogP contribution >= 0.6 is 12.6 Å². The molecule has 0 saturated heterocycles.